The summed E-state index contributed by atoms with van der Waals surface area (Å²) in [5, 5.41) is 2.13. The Bertz CT molecular complexity index is 1090. The van der Waals surface area contributed by atoms with Gasteiger partial charge in [-0.2, -0.15) is 0 Å². The smallest absolute Gasteiger partial charge is 0.249 e. The zero-order valence-electron chi connectivity index (χ0n) is 12.4. The van der Waals surface area contributed by atoms with E-state index in [4.69, 9.17) is 0 Å². The topological polar surface area (TPSA) is 45.8 Å². The highest BCUT2D eigenvalue weighted by Crippen LogP contribution is 2.18. The lowest BCUT2D eigenvalue weighted by Gasteiger charge is -2.02. The summed E-state index contributed by atoms with van der Waals surface area (Å²) in [6.45, 7) is 0. The van der Waals surface area contributed by atoms with E-state index in [2.05, 4.69) is 16.0 Å². The first-order chi connectivity index (χ1) is 11.3. The third kappa shape index (κ3) is 2.64. The highest BCUT2D eigenvalue weighted by molar-refractivity contribution is 5.90. The van der Waals surface area contributed by atoms with Crippen LogP contribution >= 0.6 is 0 Å². The molecule has 2 aromatic heterocycles. The molecular formula is C20H14N2O. The van der Waals surface area contributed by atoms with Crippen molar-refractivity contribution in [2.75, 3.05) is 0 Å². The number of nitrogens with zero attached hydrogens (tertiary/aromatic N) is 1. The molecule has 110 valence electrons. The van der Waals surface area contributed by atoms with Crippen LogP contribution in [-0.2, 0) is 0 Å². The Balaban J connectivity index is 1.79. The van der Waals surface area contributed by atoms with Gasteiger partial charge in [0.25, 0.3) is 0 Å². The molecule has 4 aromatic rings. The molecule has 0 bridgehead atoms. The normalized spacial score (nSPS) is 11.5. The Morgan fingerprint density at radius 2 is 1.70 bits per heavy atom. The van der Waals surface area contributed by atoms with Gasteiger partial charge in [-0.15, -0.1) is 0 Å². The minimum atomic E-state index is -0.102. The quantitative estimate of drug-likeness (QED) is 0.601. The van der Waals surface area contributed by atoms with E-state index in [1.807, 2.05) is 66.7 Å². The van der Waals surface area contributed by atoms with Crippen LogP contribution < -0.4 is 5.56 Å². The van der Waals surface area contributed by atoms with Crippen molar-refractivity contribution in [2.24, 2.45) is 0 Å². The molecule has 4 rings (SSSR count). The highest BCUT2D eigenvalue weighted by Gasteiger charge is 2.00. The minimum Gasteiger partial charge on any atom is -0.322 e. The Morgan fingerprint density at radius 1 is 0.870 bits per heavy atom. The van der Waals surface area contributed by atoms with Gasteiger partial charge in [-0.05, 0) is 29.8 Å². The Hall–Kier alpha value is -3.20. The van der Waals surface area contributed by atoms with Gasteiger partial charge in [0, 0.05) is 22.4 Å². The molecule has 23 heavy (non-hydrogen) atoms. The summed E-state index contributed by atoms with van der Waals surface area (Å²) in [6.07, 6.45) is 3.88. The number of benzene rings is 2. The van der Waals surface area contributed by atoms with E-state index in [0.717, 1.165) is 33.1 Å². The molecule has 0 saturated carbocycles. The number of aromatic nitrogens is 2. The molecule has 2 aromatic carbocycles. The molecule has 3 nitrogen and oxygen atoms in total. The summed E-state index contributed by atoms with van der Waals surface area (Å²) in [7, 11) is 0. The summed E-state index contributed by atoms with van der Waals surface area (Å²) in [5.74, 6) is 0. The van der Waals surface area contributed by atoms with E-state index < -0.39 is 0 Å². The summed E-state index contributed by atoms with van der Waals surface area (Å²) in [5.41, 5.74) is 3.46. The number of para-hydroxylation sites is 2. The molecule has 3 heteroatoms. The van der Waals surface area contributed by atoms with Gasteiger partial charge in [0.1, 0.15) is 0 Å². The number of hydrogen-bond donors (Lipinski definition) is 1. The second-order valence-corrected chi connectivity index (χ2v) is 5.40. The minimum absolute atomic E-state index is 0.102. The molecular weight excluding hydrogens is 284 g/mol. The van der Waals surface area contributed by atoms with Crippen molar-refractivity contribution in [3.63, 3.8) is 0 Å². The lowest BCUT2D eigenvalue weighted by molar-refractivity contribution is 1.30. The molecule has 0 fully saturated rings. The van der Waals surface area contributed by atoms with Crippen molar-refractivity contribution >= 4 is 34.0 Å². The third-order valence-electron chi connectivity index (χ3n) is 3.84. The zero-order valence-corrected chi connectivity index (χ0v) is 12.4. The number of nitrogens with one attached hydrogen (secondary N) is 1. The van der Waals surface area contributed by atoms with E-state index in [1.54, 1.807) is 6.07 Å². The molecule has 0 atom stereocenters. The van der Waals surface area contributed by atoms with Crippen LogP contribution in [0.2, 0.25) is 0 Å². The fraction of sp³-hybridized carbons (Fsp3) is 0. The van der Waals surface area contributed by atoms with Gasteiger partial charge < -0.3 is 4.98 Å². The third-order valence-corrected chi connectivity index (χ3v) is 3.84. The lowest BCUT2D eigenvalue weighted by atomic mass is 10.1. The van der Waals surface area contributed by atoms with Crippen LogP contribution in [0.1, 0.15) is 11.3 Å². The molecule has 0 spiro atoms. The van der Waals surface area contributed by atoms with Crippen molar-refractivity contribution in [2.45, 2.75) is 0 Å². The van der Waals surface area contributed by atoms with Crippen LogP contribution in [0.3, 0.4) is 0 Å². The first-order valence-corrected chi connectivity index (χ1v) is 7.45. The van der Waals surface area contributed by atoms with Crippen molar-refractivity contribution in [3.8, 4) is 0 Å². The summed E-state index contributed by atoms with van der Waals surface area (Å²) >= 11 is 0. The van der Waals surface area contributed by atoms with Crippen molar-refractivity contribution < 1.29 is 0 Å². The molecule has 0 aliphatic heterocycles. The Labute approximate surface area is 132 Å². The van der Waals surface area contributed by atoms with Gasteiger partial charge in [0.05, 0.1) is 11.2 Å². The zero-order chi connectivity index (χ0) is 15.6. The predicted octanol–water partition coefficient (Wildman–Crippen LogP) is 4.25. The lowest BCUT2D eigenvalue weighted by Crippen LogP contribution is -2.04. The average molecular weight is 298 g/mol. The highest BCUT2D eigenvalue weighted by atomic mass is 16.1. The fourth-order valence-corrected chi connectivity index (χ4v) is 2.72. The van der Waals surface area contributed by atoms with Gasteiger partial charge in [-0.3, -0.25) is 4.79 Å². The summed E-state index contributed by atoms with van der Waals surface area (Å²) < 4.78 is 0. The summed E-state index contributed by atoms with van der Waals surface area (Å²) in [4.78, 5) is 19.3. The molecule has 0 radical (unpaired) electrons. The first kappa shape index (κ1) is 13.5. The number of hydrogen-bond acceptors (Lipinski definition) is 2. The second-order valence-electron chi connectivity index (χ2n) is 5.40. The first-order valence-electron chi connectivity index (χ1n) is 7.45. The average Bonchev–Trinajstić information content (AvgIpc) is 2.59. The maximum Gasteiger partial charge on any atom is 0.249 e. The van der Waals surface area contributed by atoms with Gasteiger partial charge in [-0.25, -0.2) is 4.98 Å². The van der Waals surface area contributed by atoms with Crippen LogP contribution in [0, 0.1) is 0 Å². The van der Waals surface area contributed by atoms with Crippen LogP contribution in [0.15, 0.2) is 71.5 Å². The number of rotatable bonds is 2. The molecule has 2 heterocycles. The maximum absolute atomic E-state index is 11.8. The van der Waals surface area contributed by atoms with E-state index in [-0.39, 0.29) is 5.56 Å². The molecule has 0 aliphatic carbocycles. The molecule has 0 saturated heterocycles. The van der Waals surface area contributed by atoms with Crippen LogP contribution in [0.25, 0.3) is 34.0 Å². The molecule has 0 unspecified atom stereocenters. The van der Waals surface area contributed by atoms with E-state index >= 15 is 0 Å². The van der Waals surface area contributed by atoms with Crippen molar-refractivity contribution in [1.82, 2.24) is 9.97 Å². The van der Waals surface area contributed by atoms with Crippen LogP contribution in [0.4, 0.5) is 0 Å². The molecule has 1 N–H and O–H groups in total. The molecule has 0 aliphatic rings. The van der Waals surface area contributed by atoms with E-state index in [0.29, 0.717) is 0 Å². The number of aromatic amines is 1. The number of pyridine rings is 2. The van der Waals surface area contributed by atoms with E-state index in [1.165, 1.54) is 0 Å². The van der Waals surface area contributed by atoms with E-state index in [9.17, 15) is 4.79 Å². The number of H-pyrrole nitrogens is 1. The van der Waals surface area contributed by atoms with Gasteiger partial charge in [-0.1, -0.05) is 48.5 Å². The summed E-state index contributed by atoms with van der Waals surface area (Å²) in [6, 6.07) is 21.4. The van der Waals surface area contributed by atoms with Crippen molar-refractivity contribution in [3.05, 3.63) is 88.3 Å². The maximum atomic E-state index is 11.8. The van der Waals surface area contributed by atoms with Gasteiger partial charge >= 0.3 is 0 Å². The Kier molecular flexibility index (Phi) is 3.24. The SMILES string of the molecule is O=c1cc(C=Cc2ccc3ccccc3n2)c2ccccc2[nH]1. The molecule has 0 amide bonds. The number of fused-ring (bicyclic) bond motifs is 2. The van der Waals surface area contributed by atoms with Gasteiger partial charge in [0.15, 0.2) is 0 Å². The predicted molar refractivity (Wildman–Crippen MR) is 95.2 cm³/mol. The Morgan fingerprint density at radius 3 is 2.65 bits per heavy atom. The standard InChI is InChI=1S/C20H14N2O/c23-20-13-15(17-6-2-4-8-19(17)22-20)10-12-16-11-9-14-5-1-3-7-18(14)21-16/h1-13H,(H,22,23). The van der Waals surface area contributed by atoms with Gasteiger partial charge in [0.2, 0.25) is 5.56 Å². The van der Waals surface area contributed by atoms with Crippen LogP contribution in [0.5, 0.6) is 0 Å². The second kappa shape index (κ2) is 5.54. The monoisotopic (exact) mass is 298 g/mol. The van der Waals surface area contributed by atoms with Crippen molar-refractivity contribution in [1.29, 1.82) is 0 Å². The van der Waals surface area contributed by atoms with Crippen LogP contribution in [-0.4, -0.2) is 9.97 Å². The largest absolute Gasteiger partial charge is 0.322 e. The fourth-order valence-electron chi connectivity index (χ4n) is 2.72.